The van der Waals surface area contributed by atoms with Crippen molar-refractivity contribution < 1.29 is 29.3 Å². The molecule has 7 aliphatic carbocycles. The fourth-order valence-corrected chi connectivity index (χ4v) is 14.7. The Morgan fingerprint density at radius 3 is 2.15 bits per heavy atom. The summed E-state index contributed by atoms with van der Waals surface area (Å²) in [6, 6.07) is 0. The second kappa shape index (κ2) is 12.4. The molecule has 0 amide bonds. The van der Waals surface area contributed by atoms with Gasteiger partial charge in [-0.05, 0) is 128 Å². The number of carboxylic acids is 1. The summed E-state index contributed by atoms with van der Waals surface area (Å²) >= 11 is 0. The number of aliphatic hydroxyl groups is 1. The maximum absolute atomic E-state index is 14.0. The molecule has 0 unspecified atom stereocenters. The molecular weight excluding hydrogens is 652 g/mol. The van der Waals surface area contributed by atoms with Gasteiger partial charge in [0.1, 0.15) is 6.10 Å². The molecule has 0 bridgehead atoms. The molecule has 5 N–H and O–H groups in total. The minimum atomic E-state index is -0.825. The summed E-state index contributed by atoms with van der Waals surface area (Å²) in [6.45, 7) is 21.6. The average Bonchev–Trinajstić information content (AvgIpc) is 3.34. The van der Waals surface area contributed by atoms with Gasteiger partial charge in [-0.2, -0.15) is 0 Å². The van der Waals surface area contributed by atoms with E-state index in [9.17, 15) is 24.6 Å². The van der Waals surface area contributed by atoms with Gasteiger partial charge in [0, 0.05) is 35.9 Å². The average molecular weight is 723 g/mol. The summed E-state index contributed by atoms with van der Waals surface area (Å²) < 4.78 is 6.41. The van der Waals surface area contributed by atoms with Crippen LogP contribution in [0, 0.1) is 68.0 Å². The third-order valence-electron chi connectivity index (χ3n) is 18.3. The Bertz CT molecular complexity index is 1530. The van der Waals surface area contributed by atoms with E-state index in [2.05, 4.69) is 53.8 Å². The molecule has 0 radical (unpaired) electrons. The SMILES string of the molecule is CC(C)C1=C2[C@H]3CC[C@@H]4[C@@]5(C)CC[C@H](OC(=O)[C@H]6C[C@@H](C(=O)O)C6(C)C)C(C)(C)[C@@H]5CC[C@@]4(C)[C@]3(C)CC[C@@]2([C@@H](O)CNCC2(N)CCC2)CC1=O. The smallest absolute Gasteiger partial charge is 0.309 e. The zero-order valence-electron chi connectivity index (χ0n) is 33.8. The van der Waals surface area contributed by atoms with Crippen LogP contribution in [0.1, 0.15) is 146 Å². The third-order valence-corrected chi connectivity index (χ3v) is 18.3. The van der Waals surface area contributed by atoms with Crippen LogP contribution >= 0.6 is 0 Å². The van der Waals surface area contributed by atoms with E-state index in [4.69, 9.17) is 10.5 Å². The van der Waals surface area contributed by atoms with Crippen molar-refractivity contribution in [1.82, 2.24) is 5.32 Å². The van der Waals surface area contributed by atoms with Crippen molar-refractivity contribution in [2.75, 3.05) is 13.1 Å². The normalized spacial score (nSPS) is 44.7. The van der Waals surface area contributed by atoms with Crippen LogP contribution < -0.4 is 11.1 Å². The van der Waals surface area contributed by atoms with Crippen LogP contribution in [0.4, 0.5) is 0 Å². The number of ether oxygens (including phenoxy) is 1. The van der Waals surface area contributed by atoms with Gasteiger partial charge >= 0.3 is 11.9 Å². The second-order valence-corrected chi connectivity index (χ2v) is 21.5. The van der Waals surface area contributed by atoms with Gasteiger partial charge in [-0.25, -0.2) is 0 Å². The number of Topliss-reactive ketones (excluding diaryl/α,β-unsaturated/α-hetero) is 1. The largest absolute Gasteiger partial charge is 0.481 e. The van der Waals surface area contributed by atoms with E-state index in [1.165, 1.54) is 12.0 Å². The van der Waals surface area contributed by atoms with Gasteiger partial charge in [-0.3, -0.25) is 14.4 Å². The summed E-state index contributed by atoms with van der Waals surface area (Å²) in [6.07, 6.45) is 11.3. The van der Waals surface area contributed by atoms with Crippen LogP contribution in [0.15, 0.2) is 11.1 Å². The van der Waals surface area contributed by atoms with E-state index < -0.39 is 28.8 Å². The number of hydrogen-bond donors (Lipinski definition) is 4. The van der Waals surface area contributed by atoms with Crippen LogP contribution in [0.3, 0.4) is 0 Å². The van der Waals surface area contributed by atoms with Crippen molar-refractivity contribution in [3.63, 3.8) is 0 Å². The lowest BCUT2D eigenvalue weighted by Gasteiger charge is -2.72. The number of carbonyl (C=O) groups excluding carboxylic acids is 2. The number of nitrogens with two attached hydrogens (primary N) is 1. The van der Waals surface area contributed by atoms with Crippen LogP contribution in [-0.4, -0.2) is 58.8 Å². The number of hydrogen-bond acceptors (Lipinski definition) is 7. The van der Waals surface area contributed by atoms with Gasteiger partial charge < -0.3 is 26.0 Å². The van der Waals surface area contributed by atoms with E-state index in [0.29, 0.717) is 37.8 Å². The zero-order valence-corrected chi connectivity index (χ0v) is 33.8. The summed E-state index contributed by atoms with van der Waals surface area (Å²) in [4.78, 5) is 39.4. The monoisotopic (exact) mass is 723 g/mol. The third kappa shape index (κ3) is 5.24. The number of nitrogens with one attached hydrogen (secondary N) is 1. The fraction of sp³-hybridized carbons (Fsp3) is 0.886. The molecule has 0 aromatic heterocycles. The van der Waals surface area contributed by atoms with Crippen LogP contribution in [0.5, 0.6) is 0 Å². The maximum Gasteiger partial charge on any atom is 0.309 e. The molecule has 6 fully saturated rings. The highest BCUT2D eigenvalue weighted by Crippen LogP contribution is 2.77. The van der Waals surface area contributed by atoms with Gasteiger partial charge in [0.2, 0.25) is 0 Å². The first-order valence-electron chi connectivity index (χ1n) is 21.0. The first-order valence-corrected chi connectivity index (χ1v) is 21.0. The number of carbonyl (C=O) groups is 3. The summed E-state index contributed by atoms with van der Waals surface area (Å²) in [5, 5.41) is 25.3. The van der Waals surface area contributed by atoms with Gasteiger partial charge in [0.05, 0.1) is 17.9 Å². The van der Waals surface area contributed by atoms with E-state index in [0.717, 1.165) is 69.8 Å². The molecule has 0 aromatic rings. The van der Waals surface area contributed by atoms with Gasteiger partial charge in [0.15, 0.2) is 5.78 Å². The van der Waals surface area contributed by atoms with Crippen molar-refractivity contribution in [3.05, 3.63) is 11.1 Å². The number of aliphatic hydroxyl groups excluding tert-OH is 1. The standard InChI is InChI=1S/C44H70N2O6/c1-25(2)34-29(47)22-44(32(48)23-46-24-43(45)15-10-16-43)20-19-41(8)26(35(34)44)11-12-31-40(7)17-14-33(39(5,6)30(40)13-18-42(31,41)9)52-37(51)28-21-27(36(49)50)38(28,3)4/h25-28,30-33,46,48H,10-24,45H2,1-9H3,(H,49,50)/t26-,27+,28-,30+,31-,32+,33+,40+,41-,42-,44+/m1/s1. The second-order valence-electron chi connectivity index (χ2n) is 21.5. The lowest BCUT2D eigenvalue weighted by atomic mass is 9.33. The zero-order chi connectivity index (χ0) is 38.0. The number of allylic oxidation sites excluding steroid dienone is 1. The maximum atomic E-state index is 14.0. The summed E-state index contributed by atoms with van der Waals surface area (Å²) in [5.41, 5.74) is 7.59. The highest BCUT2D eigenvalue weighted by Gasteiger charge is 2.71. The lowest BCUT2D eigenvalue weighted by molar-refractivity contribution is -0.238. The van der Waals surface area contributed by atoms with Crippen molar-refractivity contribution in [3.8, 4) is 0 Å². The highest BCUT2D eigenvalue weighted by molar-refractivity contribution is 6.00. The van der Waals surface area contributed by atoms with E-state index in [-0.39, 0.29) is 62.8 Å². The molecule has 292 valence electrons. The molecule has 0 spiro atoms. The van der Waals surface area contributed by atoms with Crippen molar-refractivity contribution in [2.45, 2.75) is 164 Å². The van der Waals surface area contributed by atoms with E-state index in [1.807, 2.05) is 13.8 Å². The number of aliphatic carboxylic acids is 1. The number of esters is 1. The van der Waals surface area contributed by atoms with Gasteiger partial charge in [-0.1, -0.05) is 67.9 Å². The van der Waals surface area contributed by atoms with Crippen molar-refractivity contribution >= 4 is 17.7 Å². The van der Waals surface area contributed by atoms with E-state index in [1.54, 1.807) is 0 Å². The highest BCUT2D eigenvalue weighted by atomic mass is 16.5. The molecule has 7 rings (SSSR count). The predicted octanol–water partition coefficient (Wildman–Crippen LogP) is 7.46. The first-order chi connectivity index (χ1) is 24.1. The summed E-state index contributed by atoms with van der Waals surface area (Å²) in [5.74, 6) is -0.337. The summed E-state index contributed by atoms with van der Waals surface area (Å²) in [7, 11) is 0. The Morgan fingerprint density at radius 1 is 0.865 bits per heavy atom. The molecule has 7 aliphatic rings. The Balaban J connectivity index is 1.13. The Kier molecular flexibility index (Phi) is 9.16. The molecule has 0 heterocycles. The minimum absolute atomic E-state index is 0.0117. The van der Waals surface area contributed by atoms with Crippen molar-refractivity contribution in [2.24, 2.45) is 73.7 Å². The lowest BCUT2D eigenvalue weighted by Crippen LogP contribution is -2.66. The molecule has 6 saturated carbocycles. The fourth-order valence-electron chi connectivity index (χ4n) is 14.7. The number of ketones is 1. The number of fused-ring (bicyclic) bond motifs is 7. The minimum Gasteiger partial charge on any atom is -0.481 e. The van der Waals surface area contributed by atoms with Crippen LogP contribution in [-0.2, 0) is 19.1 Å². The van der Waals surface area contributed by atoms with Gasteiger partial charge in [0.25, 0.3) is 0 Å². The topological polar surface area (TPSA) is 139 Å². The van der Waals surface area contributed by atoms with Crippen molar-refractivity contribution in [1.29, 1.82) is 0 Å². The van der Waals surface area contributed by atoms with Crippen LogP contribution in [0.25, 0.3) is 0 Å². The van der Waals surface area contributed by atoms with Crippen LogP contribution in [0.2, 0.25) is 0 Å². The predicted molar refractivity (Wildman–Crippen MR) is 202 cm³/mol. The number of carboxylic acid groups (broad SMARTS) is 1. The molecule has 0 aliphatic heterocycles. The van der Waals surface area contributed by atoms with E-state index >= 15 is 0 Å². The Morgan fingerprint density at radius 2 is 1.56 bits per heavy atom. The molecule has 8 heteroatoms. The molecule has 0 saturated heterocycles. The Hall–Kier alpha value is -1.77. The molecule has 8 nitrogen and oxygen atoms in total. The Labute approximate surface area is 313 Å². The quantitative estimate of drug-likeness (QED) is 0.180. The molecule has 52 heavy (non-hydrogen) atoms. The molecule has 11 atom stereocenters. The first kappa shape index (κ1) is 38.5. The number of rotatable bonds is 9. The van der Waals surface area contributed by atoms with Gasteiger partial charge in [-0.15, -0.1) is 0 Å². The molecular formula is C44H70N2O6. The molecule has 0 aromatic carbocycles.